The van der Waals surface area contributed by atoms with Gasteiger partial charge in [0, 0.05) is 6.42 Å². The Labute approximate surface area is 47.1 Å². The van der Waals surface area contributed by atoms with Gasteiger partial charge in [-0.2, -0.15) is 5.26 Å². The molecular weight excluding hydrogens is 102 g/mol. The van der Waals surface area contributed by atoms with E-state index in [1.54, 1.807) is 0 Å². The Morgan fingerprint density at radius 3 is 2.75 bits per heavy atom. The van der Waals surface area contributed by atoms with Gasteiger partial charge in [0.2, 0.25) is 0 Å². The third-order valence-electron chi connectivity index (χ3n) is 2.23. The second-order valence-corrected chi connectivity index (χ2v) is 2.61. The highest BCUT2D eigenvalue weighted by atomic mass is 16.1. The van der Waals surface area contributed by atoms with Crippen molar-refractivity contribution in [2.24, 2.45) is 11.3 Å². The summed E-state index contributed by atoms with van der Waals surface area (Å²) in [6.45, 7) is 0. The van der Waals surface area contributed by atoms with Crippen molar-refractivity contribution >= 4 is 5.78 Å². The average Bonchev–Trinajstić information content (AvgIpc) is 2.36. The Hall–Kier alpha value is -0.840. The number of nitrogens with zero attached hydrogens (tertiary/aromatic N) is 1. The van der Waals surface area contributed by atoms with Crippen molar-refractivity contribution in [3.63, 3.8) is 0 Å². The van der Waals surface area contributed by atoms with E-state index in [-0.39, 0.29) is 5.78 Å². The van der Waals surface area contributed by atoms with E-state index in [0.29, 0.717) is 12.3 Å². The first-order valence-corrected chi connectivity index (χ1v) is 2.74. The largest absolute Gasteiger partial charge is 0.298 e. The lowest BCUT2D eigenvalue weighted by atomic mass is 9.85. The summed E-state index contributed by atoms with van der Waals surface area (Å²) >= 11 is 0. The van der Waals surface area contributed by atoms with Crippen LogP contribution in [-0.4, -0.2) is 5.78 Å². The first kappa shape index (κ1) is 4.08. The van der Waals surface area contributed by atoms with Crippen molar-refractivity contribution in [3.05, 3.63) is 0 Å². The maximum Gasteiger partial charge on any atom is 0.153 e. The predicted octanol–water partition coefficient (Wildman–Crippen LogP) is 0.489. The molecule has 0 aromatic rings. The van der Waals surface area contributed by atoms with Gasteiger partial charge in [0.1, 0.15) is 5.41 Å². The van der Waals surface area contributed by atoms with E-state index >= 15 is 0 Å². The molecule has 0 bridgehead atoms. The topological polar surface area (TPSA) is 40.9 Å². The molecule has 0 aromatic heterocycles. The van der Waals surface area contributed by atoms with E-state index in [0.717, 1.165) is 6.42 Å². The summed E-state index contributed by atoms with van der Waals surface area (Å²) in [5.41, 5.74) is -0.444. The van der Waals surface area contributed by atoms with Crippen molar-refractivity contribution < 1.29 is 4.79 Å². The minimum atomic E-state index is -0.444. The van der Waals surface area contributed by atoms with Crippen molar-refractivity contribution in [2.45, 2.75) is 12.8 Å². The third kappa shape index (κ3) is 0.199. The lowest BCUT2D eigenvalue weighted by Crippen LogP contribution is -2.26. The van der Waals surface area contributed by atoms with Gasteiger partial charge >= 0.3 is 0 Å². The quantitative estimate of drug-likeness (QED) is 0.452. The molecule has 2 rings (SSSR count). The Kier molecular flexibility index (Phi) is 0.417. The summed E-state index contributed by atoms with van der Waals surface area (Å²) in [7, 11) is 0. The summed E-state index contributed by atoms with van der Waals surface area (Å²) in [5, 5.41) is 8.39. The zero-order valence-electron chi connectivity index (χ0n) is 4.35. The average molecular weight is 107 g/mol. The van der Waals surface area contributed by atoms with Crippen LogP contribution in [0.4, 0.5) is 0 Å². The molecule has 0 aliphatic heterocycles. The van der Waals surface area contributed by atoms with Gasteiger partial charge in [-0.05, 0) is 12.3 Å². The number of hydrogen-bond donors (Lipinski definition) is 0. The van der Waals surface area contributed by atoms with Crippen LogP contribution in [0.15, 0.2) is 0 Å². The maximum absolute atomic E-state index is 10.6. The predicted molar refractivity (Wildman–Crippen MR) is 25.8 cm³/mol. The molecule has 2 atom stereocenters. The molecule has 0 radical (unpaired) electrons. The van der Waals surface area contributed by atoms with Crippen LogP contribution in [0, 0.1) is 22.7 Å². The van der Waals surface area contributed by atoms with Crippen LogP contribution in [0.5, 0.6) is 0 Å². The fourth-order valence-electron chi connectivity index (χ4n) is 1.39. The second-order valence-electron chi connectivity index (χ2n) is 2.61. The van der Waals surface area contributed by atoms with Crippen LogP contribution in [-0.2, 0) is 4.79 Å². The first-order chi connectivity index (χ1) is 3.79. The number of Topliss-reactive ketones (excluding diaryl/α,β-unsaturated/α-hetero) is 1. The number of carbonyl (C=O) groups is 1. The van der Waals surface area contributed by atoms with Crippen LogP contribution >= 0.6 is 0 Å². The van der Waals surface area contributed by atoms with E-state index in [4.69, 9.17) is 5.26 Å². The Balaban J connectivity index is 2.35. The van der Waals surface area contributed by atoms with E-state index in [9.17, 15) is 4.79 Å². The van der Waals surface area contributed by atoms with Crippen LogP contribution in [0.2, 0.25) is 0 Å². The summed E-state index contributed by atoms with van der Waals surface area (Å²) < 4.78 is 0. The molecule has 0 spiro atoms. The summed E-state index contributed by atoms with van der Waals surface area (Å²) in [6.07, 6.45) is 1.52. The summed E-state index contributed by atoms with van der Waals surface area (Å²) in [5.74, 6) is 0.630. The second kappa shape index (κ2) is 0.818. The van der Waals surface area contributed by atoms with Gasteiger partial charge in [-0.25, -0.2) is 0 Å². The molecule has 0 saturated heterocycles. The van der Waals surface area contributed by atoms with Crippen molar-refractivity contribution in [1.29, 1.82) is 5.26 Å². The molecule has 0 heterocycles. The monoisotopic (exact) mass is 107 g/mol. The lowest BCUT2D eigenvalue weighted by molar-refractivity contribution is -0.127. The standard InChI is InChI=1S/C6H5NO/c7-3-6-2-4(6)1-5(6)8/h4H,1-2H2. The molecule has 2 heteroatoms. The van der Waals surface area contributed by atoms with E-state index in [1.165, 1.54) is 0 Å². The van der Waals surface area contributed by atoms with Gasteiger partial charge in [-0.1, -0.05) is 0 Å². The van der Waals surface area contributed by atoms with E-state index in [2.05, 4.69) is 6.07 Å². The molecule has 2 aliphatic rings. The molecule has 0 amide bonds. The van der Waals surface area contributed by atoms with Gasteiger partial charge in [-0.3, -0.25) is 4.79 Å². The number of ketones is 1. The highest BCUT2D eigenvalue weighted by molar-refractivity contribution is 5.98. The van der Waals surface area contributed by atoms with Crippen molar-refractivity contribution in [2.75, 3.05) is 0 Å². The highest BCUT2D eigenvalue weighted by Crippen LogP contribution is 2.64. The van der Waals surface area contributed by atoms with Crippen LogP contribution < -0.4 is 0 Å². The summed E-state index contributed by atoms with van der Waals surface area (Å²) in [6, 6.07) is 2.05. The van der Waals surface area contributed by atoms with Gasteiger partial charge in [0.25, 0.3) is 0 Å². The molecular formula is C6H5NO. The molecule has 2 saturated carbocycles. The Bertz CT molecular complexity index is 203. The van der Waals surface area contributed by atoms with Gasteiger partial charge in [0.05, 0.1) is 6.07 Å². The summed E-state index contributed by atoms with van der Waals surface area (Å²) in [4.78, 5) is 10.6. The Morgan fingerprint density at radius 1 is 1.88 bits per heavy atom. The molecule has 0 aromatic carbocycles. The number of rotatable bonds is 0. The molecule has 2 fully saturated rings. The van der Waals surface area contributed by atoms with Crippen LogP contribution in [0.3, 0.4) is 0 Å². The maximum atomic E-state index is 10.6. The number of nitriles is 1. The fraction of sp³-hybridized carbons (Fsp3) is 0.667. The molecule has 2 aliphatic carbocycles. The number of carbonyl (C=O) groups excluding carboxylic acids is 1. The normalized spacial score (nSPS) is 48.9. The van der Waals surface area contributed by atoms with Crippen LogP contribution in [0.1, 0.15) is 12.8 Å². The third-order valence-corrected chi connectivity index (χ3v) is 2.23. The van der Waals surface area contributed by atoms with E-state index in [1.807, 2.05) is 0 Å². The first-order valence-electron chi connectivity index (χ1n) is 2.74. The van der Waals surface area contributed by atoms with Crippen LogP contribution in [0.25, 0.3) is 0 Å². The van der Waals surface area contributed by atoms with E-state index < -0.39 is 5.41 Å². The molecule has 40 valence electrons. The molecule has 0 N–H and O–H groups in total. The lowest BCUT2D eigenvalue weighted by Gasteiger charge is -2.14. The van der Waals surface area contributed by atoms with Gasteiger partial charge in [0.15, 0.2) is 5.78 Å². The molecule has 2 nitrogen and oxygen atoms in total. The number of fused-ring (bicyclic) bond motifs is 1. The minimum Gasteiger partial charge on any atom is -0.298 e. The number of hydrogen-bond acceptors (Lipinski definition) is 2. The van der Waals surface area contributed by atoms with Crippen molar-refractivity contribution in [1.82, 2.24) is 0 Å². The zero-order valence-corrected chi connectivity index (χ0v) is 4.35. The Morgan fingerprint density at radius 2 is 2.62 bits per heavy atom. The molecule has 2 unspecified atom stereocenters. The SMILES string of the molecule is N#CC12CC1CC2=O. The fourth-order valence-corrected chi connectivity index (χ4v) is 1.39. The molecule has 8 heavy (non-hydrogen) atoms. The zero-order chi connectivity index (χ0) is 5.78. The van der Waals surface area contributed by atoms with Gasteiger partial charge in [-0.15, -0.1) is 0 Å². The minimum absolute atomic E-state index is 0.171. The highest BCUT2D eigenvalue weighted by Gasteiger charge is 2.69. The van der Waals surface area contributed by atoms with Gasteiger partial charge < -0.3 is 0 Å². The van der Waals surface area contributed by atoms with Crippen molar-refractivity contribution in [3.8, 4) is 6.07 Å². The smallest absolute Gasteiger partial charge is 0.153 e.